The number of rotatable bonds is 13. The first-order valence-electron chi connectivity index (χ1n) is 15.9. The van der Waals surface area contributed by atoms with E-state index >= 15 is 0 Å². The van der Waals surface area contributed by atoms with Gasteiger partial charge < -0.3 is 24.6 Å². The summed E-state index contributed by atoms with van der Waals surface area (Å²) in [6.45, 7) is 8.94. The third-order valence-corrected chi connectivity index (χ3v) is 11.0. The van der Waals surface area contributed by atoms with Crippen LogP contribution in [0.3, 0.4) is 0 Å². The Hall–Kier alpha value is -2.66. The largest absolute Gasteiger partial charge is 0.497 e. The molecule has 9 nitrogen and oxygen atoms in total. The van der Waals surface area contributed by atoms with E-state index in [1.54, 1.807) is 12.1 Å². The van der Waals surface area contributed by atoms with Crippen LogP contribution in [0.5, 0.6) is 5.75 Å². The second-order valence-corrected chi connectivity index (χ2v) is 14.8. The minimum absolute atomic E-state index is 0.00732. The van der Waals surface area contributed by atoms with Gasteiger partial charge in [-0.3, -0.25) is 0 Å². The Kier molecular flexibility index (Phi) is 12.1. The van der Waals surface area contributed by atoms with Crippen molar-refractivity contribution in [1.29, 1.82) is 0 Å². The fourth-order valence-electron chi connectivity index (χ4n) is 6.87. The first-order chi connectivity index (χ1) is 21.0. The van der Waals surface area contributed by atoms with E-state index in [9.17, 15) is 18.3 Å². The third kappa shape index (κ3) is 8.74. The molecule has 0 aromatic heterocycles. The molecule has 2 N–H and O–H groups in total. The minimum Gasteiger partial charge on any atom is -0.497 e. The summed E-state index contributed by atoms with van der Waals surface area (Å²) < 4.78 is 46.0. The van der Waals surface area contributed by atoms with E-state index in [0.717, 1.165) is 37.9 Å². The predicted octanol–water partition coefficient (Wildman–Crippen LogP) is 5.27. The van der Waals surface area contributed by atoms with Gasteiger partial charge in [-0.15, -0.1) is 0 Å². The second kappa shape index (κ2) is 15.6. The first-order valence-corrected chi connectivity index (χ1v) is 17.4. The highest BCUT2D eigenvalue weighted by Crippen LogP contribution is 2.42. The highest BCUT2D eigenvalue weighted by atomic mass is 32.2. The van der Waals surface area contributed by atoms with Gasteiger partial charge in [-0.1, -0.05) is 57.5 Å². The highest BCUT2D eigenvalue weighted by Gasteiger charge is 2.43. The Morgan fingerprint density at radius 1 is 1.05 bits per heavy atom. The summed E-state index contributed by atoms with van der Waals surface area (Å²) >= 11 is 0. The van der Waals surface area contributed by atoms with Crippen molar-refractivity contribution in [2.24, 2.45) is 23.7 Å². The lowest BCUT2D eigenvalue weighted by atomic mass is 9.69. The average Bonchev–Trinajstić information content (AvgIpc) is 3.41. The van der Waals surface area contributed by atoms with Gasteiger partial charge in [0.25, 0.3) is 0 Å². The number of alkyl carbamates (subject to hydrolysis) is 1. The third-order valence-electron chi connectivity index (χ3n) is 9.14. The number of sulfonamides is 1. The van der Waals surface area contributed by atoms with E-state index in [4.69, 9.17) is 14.2 Å². The van der Waals surface area contributed by atoms with E-state index < -0.39 is 28.3 Å². The number of hydrogen-bond donors (Lipinski definition) is 2. The van der Waals surface area contributed by atoms with Crippen molar-refractivity contribution in [2.45, 2.75) is 89.0 Å². The molecule has 1 aliphatic carbocycles. The molecule has 1 amide bonds. The van der Waals surface area contributed by atoms with Gasteiger partial charge in [-0.05, 0) is 80.2 Å². The molecular formula is C34H50N2O7S. The molecule has 4 rings (SSSR count). The van der Waals surface area contributed by atoms with Crippen molar-refractivity contribution in [1.82, 2.24) is 9.62 Å². The molecule has 44 heavy (non-hydrogen) atoms. The van der Waals surface area contributed by atoms with Crippen LogP contribution in [0.2, 0.25) is 0 Å². The summed E-state index contributed by atoms with van der Waals surface area (Å²) in [6, 6.07) is 15.0. The van der Waals surface area contributed by atoms with Gasteiger partial charge in [0.15, 0.2) is 0 Å². The lowest BCUT2D eigenvalue weighted by molar-refractivity contribution is -0.0300. The monoisotopic (exact) mass is 630 g/mol. The molecule has 1 aliphatic heterocycles. The van der Waals surface area contributed by atoms with E-state index in [1.165, 1.54) is 23.5 Å². The van der Waals surface area contributed by atoms with Gasteiger partial charge in [0.2, 0.25) is 10.0 Å². The summed E-state index contributed by atoms with van der Waals surface area (Å²) in [5.41, 5.74) is 0.909. The number of hydrogen-bond acceptors (Lipinski definition) is 7. The number of ether oxygens (including phenoxy) is 3. The van der Waals surface area contributed by atoms with Gasteiger partial charge >= 0.3 is 6.09 Å². The quantitative estimate of drug-likeness (QED) is 0.310. The Labute approximate surface area is 263 Å². The van der Waals surface area contributed by atoms with Gasteiger partial charge in [0.1, 0.15) is 11.9 Å². The van der Waals surface area contributed by atoms with Crippen molar-refractivity contribution < 1.29 is 32.5 Å². The lowest BCUT2D eigenvalue weighted by Gasteiger charge is -2.40. The van der Waals surface area contributed by atoms with Crippen LogP contribution in [0.1, 0.15) is 58.9 Å². The SMILES string of the molecule is COc1ccc(S(=O)(=O)N(CC(C)C)C[C@@H](O)[C@H](Cc2ccccc2)NC(=O)O[C@H]2CCCC(C)C2[C@@H]2CCO[C@@H]2C)cc1. The zero-order valence-electron chi connectivity index (χ0n) is 26.7. The van der Waals surface area contributed by atoms with Crippen molar-refractivity contribution in [2.75, 3.05) is 26.8 Å². The van der Waals surface area contributed by atoms with Crippen molar-refractivity contribution in [3.63, 3.8) is 0 Å². The normalized spacial score (nSPS) is 25.5. The Bertz CT molecular complexity index is 1290. The molecule has 0 bridgehead atoms. The van der Waals surface area contributed by atoms with Crippen LogP contribution < -0.4 is 10.1 Å². The number of nitrogens with one attached hydrogen (secondary N) is 1. The smallest absolute Gasteiger partial charge is 0.407 e. The van der Waals surface area contributed by atoms with Crippen molar-refractivity contribution >= 4 is 16.1 Å². The number of carbonyl (C=O) groups excluding carboxylic acids is 1. The van der Waals surface area contributed by atoms with Crippen LogP contribution in [0, 0.1) is 23.7 Å². The zero-order chi connectivity index (χ0) is 31.9. The number of aliphatic hydroxyl groups is 1. The van der Waals surface area contributed by atoms with E-state index in [2.05, 4.69) is 19.2 Å². The number of methoxy groups -OCH3 is 1. The molecule has 2 aromatic carbocycles. The summed E-state index contributed by atoms with van der Waals surface area (Å²) in [5, 5.41) is 14.5. The number of nitrogens with zero attached hydrogens (tertiary/aromatic N) is 1. The van der Waals surface area contributed by atoms with Crippen LogP contribution >= 0.6 is 0 Å². The fraction of sp³-hybridized carbons (Fsp3) is 0.618. The summed E-state index contributed by atoms with van der Waals surface area (Å²) in [7, 11) is -2.42. The average molecular weight is 631 g/mol. The van der Waals surface area contributed by atoms with Gasteiger partial charge in [-0.2, -0.15) is 4.31 Å². The van der Waals surface area contributed by atoms with Crippen molar-refractivity contribution in [3.8, 4) is 5.75 Å². The molecule has 0 spiro atoms. The van der Waals surface area contributed by atoms with Crippen LogP contribution in [-0.2, 0) is 25.9 Å². The molecule has 244 valence electrons. The second-order valence-electron chi connectivity index (χ2n) is 12.9. The molecule has 2 unspecified atom stereocenters. The standard InChI is InChI=1S/C34H50N2O7S/c1-23(2)21-36(44(39,40)28-16-14-27(41-5)15-17-28)22-31(37)30(20-26-11-7-6-8-12-26)35-34(38)43-32-13-9-10-24(3)33(32)29-18-19-42-25(29)4/h6-8,11-12,14-17,23-25,29-33,37H,9-10,13,18-22H2,1-5H3,(H,35,38)/t24?,25-,29-,30+,31-,32+,33?/m1/s1. The Balaban J connectivity index is 1.53. The van der Waals surface area contributed by atoms with Gasteiger partial charge in [-0.25, -0.2) is 13.2 Å². The lowest BCUT2D eigenvalue weighted by Crippen LogP contribution is -2.52. The molecule has 2 fully saturated rings. The molecule has 1 saturated heterocycles. The minimum atomic E-state index is -3.94. The highest BCUT2D eigenvalue weighted by molar-refractivity contribution is 7.89. The van der Waals surface area contributed by atoms with Crippen molar-refractivity contribution in [3.05, 3.63) is 60.2 Å². The zero-order valence-corrected chi connectivity index (χ0v) is 27.5. The van der Waals surface area contributed by atoms with E-state index in [1.807, 2.05) is 44.2 Å². The van der Waals surface area contributed by atoms with E-state index in [-0.39, 0.29) is 42.0 Å². The predicted molar refractivity (Wildman–Crippen MR) is 170 cm³/mol. The first kappa shape index (κ1) is 34.2. The van der Waals surface area contributed by atoms with E-state index in [0.29, 0.717) is 24.0 Å². The van der Waals surface area contributed by atoms with Crippen LogP contribution in [0.25, 0.3) is 0 Å². The molecule has 0 radical (unpaired) electrons. The maximum Gasteiger partial charge on any atom is 0.407 e. The molecule has 10 heteroatoms. The van der Waals surface area contributed by atoms with Gasteiger partial charge in [0.05, 0.1) is 30.3 Å². The topological polar surface area (TPSA) is 114 Å². The number of benzene rings is 2. The number of carbonyl (C=O) groups is 1. The molecule has 7 atom stereocenters. The maximum absolute atomic E-state index is 13.7. The summed E-state index contributed by atoms with van der Waals surface area (Å²) in [6.07, 6.45) is 2.25. The Morgan fingerprint density at radius 2 is 1.75 bits per heavy atom. The molecule has 1 heterocycles. The molecule has 2 aromatic rings. The van der Waals surface area contributed by atoms with Crippen LogP contribution in [-0.4, -0.2) is 75.1 Å². The van der Waals surface area contributed by atoms with Crippen LogP contribution in [0.15, 0.2) is 59.5 Å². The summed E-state index contributed by atoms with van der Waals surface area (Å²) in [4.78, 5) is 13.6. The Morgan fingerprint density at radius 3 is 2.36 bits per heavy atom. The molecule has 2 aliphatic rings. The molecule has 1 saturated carbocycles. The maximum atomic E-state index is 13.7. The number of amides is 1. The van der Waals surface area contributed by atoms with Gasteiger partial charge in [0, 0.05) is 25.6 Å². The number of aliphatic hydroxyl groups excluding tert-OH is 1. The fourth-order valence-corrected chi connectivity index (χ4v) is 8.49. The molecular weight excluding hydrogens is 580 g/mol. The summed E-state index contributed by atoms with van der Waals surface area (Å²) in [5.74, 6) is 1.51. The van der Waals surface area contributed by atoms with Crippen LogP contribution in [0.4, 0.5) is 4.79 Å².